The minimum absolute atomic E-state index is 0.0569. The number of halogens is 1. The summed E-state index contributed by atoms with van der Waals surface area (Å²) in [4.78, 5) is 13.7. The van der Waals surface area contributed by atoms with E-state index < -0.39 is 10.0 Å². The van der Waals surface area contributed by atoms with Gasteiger partial charge in [0.2, 0.25) is 10.0 Å². The number of para-hydroxylation sites is 1. The Labute approximate surface area is 171 Å². The van der Waals surface area contributed by atoms with Crippen LogP contribution in [-0.4, -0.2) is 51.4 Å². The molecule has 8 heteroatoms. The number of rotatable bonds is 5. The molecular weight excluding hydrogens is 398 g/mol. The molecule has 1 amide bonds. The molecule has 0 unspecified atom stereocenters. The van der Waals surface area contributed by atoms with E-state index in [0.29, 0.717) is 37.7 Å². The molecule has 0 atom stereocenters. The van der Waals surface area contributed by atoms with E-state index in [2.05, 4.69) is 5.32 Å². The Balaban J connectivity index is 1.57. The molecule has 0 aromatic heterocycles. The average molecular weight is 423 g/mol. The molecule has 0 spiro atoms. The number of hydrogen-bond acceptors (Lipinski definition) is 3. The van der Waals surface area contributed by atoms with Crippen molar-refractivity contribution in [1.29, 1.82) is 0 Å². The molecule has 1 saturated heterocycles. The van der Waals surface area contributed by atoms with Crippen LogP contribution in [0.5, 0.6) is 0 Å². The van der Waals surface area contributed by atoms with E-state index in [9.17, 15) is 13.2 Å². The summed E-state index contributed by atoms with van der Waals surface area (Å²) in [6, 6.07) is 12.2. The van der Waals surface area contributed by atoms with Crippen LogP contribution in [0.25, 0.3) is 0 Å². The highest BCUT2D eigenvalue weighted by molar-refractivity contribution is 7.89. The average Bonchev–Trinajstić information content (AvgIpc) is 2.65. The molecule has 3 rings (SSSR count). The zero-order valence-electron chi connectivity index (χ0n) is 16.0. The monoisotopic (exact) mass is 422 g/mol. The third kappa shape index (κ3) is 4.72. The summed E-state index contributed by atoms with van der Waals surface area (Å²) in [5.74, 6) is -0.0569. The molecule has 1 fully saturated rings. The van der Waals surface area contributed by atoms with Crippen LogP contribution in [0.1, 0.15) is 11.1 Å². The fourth-order valence-electron chi connectivity index (χ4n) is 3.42. The Morgan fingerprint density at radius 3 is 2.32 bits per heavy atom. The Bertz CT molecular complexity index is 950. The van der Waals surface area contributed by atoms with Gasteiger partial charge < -0.3 is 10.2 Å². The maximum atomic E-state index is 12.8. The van der Waals surface area contributed by atoms with Crippen molar-refractivity contribution >= 4 is 33.2 Å². The van der Waals surface area contributed by atoms with Crippen LogP contribution < -0.4 is 10.2 Å². The number of carbonyl (C=O) groups is 1. The number of piperazine rings is 1. The predicted octanol–water partition coefficient (Wildman–Crippen LogP) is 1.48. The quantitative estimate of drug-likeness (QED) is 0.766. The van der Waals surface area contributed by atoms with Gasteiger partial charge in [0.1, 0.15) is 0 Å². The lowest BCUT2D eigenvalue weighted by Gasteiger charge is -2.31. The summed E-state index contributed by atoms with van der Waals surface area (Å²) < 4.78 is 27.0. The number of benzene rings is 2. The lowest BCUT2D eigenvalue weighted by Crippen LogP contribution is -3.15. The number of carbonyl (C=O) groups excluding carboxylic acids is 1. The molecule has 2 aromatic carbocycles. The molecule has 1 aliphatic heterocycles. The van der Waals surface area contributed by atoms with Crippen molar-refractivity contribution in [3.05, 3.63) is 58.6 Å². The zero-order valence-corrected chi connectivity index (χ0v) is 17.6. The summed E-state index contributed by atoms with van der Waals surface area (Å²) >= 11 is 5.93. The van der Waals surface area contributed by atoms with Gasteiger partial charge in [-0.1, -0.05) is 35.9 Å². The molecule has 0 saturated carbocycles. The molecule has 0 radical (unpaired) electrons. The number of anilines is 1. The first-order valence-corrected chi connectivity index (χ1v) is 11.0. The number of hydrogen-bond donors (Lipinski definition) is 2. The molecule has 2 N–H and O–H groups in total. The largest absolute Gasteiger partial charge is 0.325 e. The van der Waals surface area contributed by atoms with Crippen molar-refractivity contribution in [2.45, 2.75) is 18.7 Å². The van der Waals surface area contributed by atoms with Gasteiger partial charge in [-0.3, -0.25) is 4.79 Å². The van der Waals surface area contributed by atoms with Crippen molar-refractivity contribution in [1.82, 2.24) is 4.31 Å². The Morgan fingerprint density at radius 2 is 1.71 bits per heavy atom. The van der Waals surface area contributed by atoms with Gasteiger partial charge in [-0.2, -0.15) is 4.31 Å². The van der Waals surface area contributed by atoms with Gasteiger partial charge in [-0.15, -0.1) is 0 Å². The molecule has 1 aliphatic rings. The lowest BCUT2D eigenvalue weighted by molar-refractivity contribution is -0.895. The normalized spacial score (nSPS) is 16.1. The van der Waals surface area contributed by atoms with Gasteiger partial charge >= 0.3 is 0 Å². The smallest absolute Gasteiger partial charge is 0.279 e. The van der Waals surface area contributed by atoms with Crippen LogP contribution in [-0.2, 0) is 14.8 Å². The van der Waals surface area contributed by atoms with Crippen LogP contribution in [0.15, 0.2) is 47.4 Å². The number of nitrogens with zero attached hydrogens (tertiary/aromatic N) is 1. The molecular formula is C20H25ClN3O3S+. The molecule has 0 aliphatic carbocycles. The van der Waals surface area contributed by atoms with Crippen molar-refractivity contribution in [2.24, 2.45) is 0 Å². The van der Waals surface area contributed by atoms with Crippen LogP contribution in [0.2, 0.25) is 5.02 Å². The van der Waals surface area contributed by atoms with Gasteiger partial charge in [0.05, 0.1) is 31.1 Å². The minimum Gasteiger partial charge on any atom is -0.325 e. The number of amides is 1. The summed E-state index contributed by atoms with van der Waals surface area (Å²) in [6.45, 7) is 6.17. The highest BCUT2D eigenvalue weighted by Crippen LogP contribution is 2.20. The van der Waals surface area contributed by atoms with Crippen molar-refractivity contribution in [2.75, 3.05) is 38.0 Å². The first-order chi connectivity index (χ1) is 13.3. The summed E-state index contributed by atoms with van der Waals surface area (Å²) in [6.07, 6.45) is 0. The van der Waals surface area contributed by atoms with Crippen molar-refractivity contribution < 1.29 is 18.1 Å². The SMILES string of the molecule is Cc1cccc(C)c1NC(=O)C[NH+]1CCN(S(=O)(=O)c2cccc(Cl)c2)CC1. The Hall–Kier alpha value is -1.93. The molecule has 28 heavy (non-hydrogen) atoms. The second-order valence-electron chi connectivity index (χ2n) is 7.10. The van der Waals surface area contributed by atoms with Crippen LogP contribution >= 0.6 is 11.6 Å². The summed E-state index contributed by atoms with van der Waals surface area (Å²) in [5.41, 5.74) is 2.91. The van der Waals surface area contributed by atoms with Gasteiger partial charge in [-0.05, 0) is 43.2 Å². The zero-order chi connectivity index (χ0) is 20.3. The number of sulfonamides is 1. The second-order valence-corrected chi connectivity index (χ2v) is 9.48. The van der Waals surface area contributed by atoms with E-state index in [-0.39, 0.29) is 10.8 Å². The van der Waals surface area contributed by atoms with Gasteiger partial charge in [0.25, 0.3) is 5.91 Å². The maximum absolute atomic E-state index is 12.8. The third-order valence-electron chi connectivity index (χ3n) is 5.02. The van der Waals surface area contributed by atoms with Crippen LogP contribution in [0, 0.1) is 13.8 Å². The number of quaternary nitrogens is 1. The lowest BCUT2D eigenvalue weighted by atomic mass is 10.1. The Morgan fingerprint density at radius 1 is 1.11 bits per heavy atom. The second kappa shape index (κ2) is 8.61. The third-order valence-corrected chi connectivity index (χ3v) is 7.15. The van der Waals surface area contributed by atoms with E-state index in [1.807, 2.05) is 32.0 Å². The van der Waals surface area contributed by atoms with Crippen molar-refractivity contribution in [3.8, 4) is 0 Å². The van der Waals surface area contributed by atoms with Crippen LogP contribution in [0.4, 0.5) is 5.69 Å². The van der Waals surface area contributed by atoms with Gasteiger partial charge in [-0.25, -0.2) is 8.42 Å². The molecule has 1 heterocycles. The highest BCUT2D eigenvalue weighted by Gasteiger charge is 2.31. The molecule has 2 aromatic rings. The fraction of sp³-hybridized carbons (Fsp3) is 0.350. The van der Waals surface area contributed by atoms with Gasteiger partial charge in [0, 0.05) is 10.7 Å². The first kappa shape index (κ1) is 20.8. The highest BCUT2D eigenvalue weighted by atomic mass is 35.5. The predicted molar refractivity (Wildman–Crippen MR) is 110 cm³/mol. The van der Waals surface area contributed by atoms with E-state index in [0.717, 1.165) is 21.7 Å². The van der Waals surface area contributed by atoms with E-state index in [4.69, 9.17) is 11.6 Å². The molecule has 0 bridgehead atoms. The van der Waals surface area contributed by atoms with E-state index >= 15 is 0 Å². The first-order valence-electron chi connectivity index (χ1n) is 9.23. The molecule has 6 nitrogen and oxygen atoms in total. The van der Waals surface area contributed by atoms with E-state index in [1.54, 1.807) is 18.2 Å². The standard InChI is InChI=1S/C20H24ClN3O3S/c1-15-5-3-6-16(2)20(15)22-19(25)14-23-9-11-24(12-10-23)28(26,27)18-8-4-7-17(21)13-18/h3-8,13H,9-12,14H2,1-2H3,(H,22,25)/p+1. The summed E-state index contributed by atoms with van der Waals surface area (Å²) in [7, 11) is -3.56. The summed E-state index contributed by atoms with van der Waals surface area (Å²) in [5, 5.41) is 3.39. The number of aryl methyl sites for hydroxylation is 2. The van der Waals surface area contributed by atoms with Crippen molar-refractivity contribution in [3.63, 3.8) is 0 Å². The van der Waals surface area contributed by atoms with Gasteiger partial charge in [0.15, 0.2) is 6.54 Å². The Kier molecular flexibility index (Phi) is 6.40. The number of nitrogens with one attached hydrogen (secondary N) is 2. The topological polar surface area (TPSA) is 70.9 Å². The van der Waals surface area contributed by atoms with Crippen LogP contribution in [0.3, 0.4) is 0 Å². The van der Waals surface area contributed by atoms with E-state index in [1.165, 1.54) is 10.4 Å². The fourth-order valence-corrected chi connectivity index (χ4v) is 5.16. The molecule has 150 valence electrons. The maximum Gasteiger partial charge on any atom is 0.279 e. The minimum atomic E-state index is -3.56.